The second-order valence-corrected chi connectivity index (χ2v) is 8.09. The lowest BCUT2D eigenvalue weighted by Crippen LogP contribution is -2.46. The zero-order valence-electron chi connectivity index (χ0n) is 17.3. The molecule has 29 heavy (non-hydrogen) atoms. The fraction of sp³-hybridized carbons (Fsp3) is 0.476. The molecule has 0 spiro atoms. The normalized spacial score (nSPS) is 15.2. The highest BCUT2D eigenvalue weighted by molar-refractivity contribution is 5.75. The molecular formula is C21H28N8. The number of rotatable bonds is 6. The van der Waals surface area contributed by atoms with Gasteiger partial charge >= 0.3 is 0 Å². The molecule has 3 aromatic rings. The highest BCUT2D eigenvalue weighted by atomic mass is 15.5. The fourth-order valence-electron chi connectivity index (χ4n) is 3.81. The number of nitrogens with one attached hydrogen (secondary N) is 1. The van der Waals surface area contributed by atoms with Crippen molar-refractivity contribution in [3.63, 3.8) is 0 Å². The van der Waals surface area contributed by atoms with E-state index in [2.05, 4.69) is 72.4 Å². The van der Waals surface area contributed by atoms with Crippen LogP contribution in [0.5, 0.6) is 0 Å². The lowest BCUT2D eigenvalue weighted by molar-refractivity contribution is 0.249. The van der Waals surface area contributed by atoms with Gasteiger partial charge in [-0.2, -0.15) is 5.21 Å². The summed E-state index contributed by atoms with van der Waals surface area (Å²) in [5.74, 6) is 2.08. The number of nitrogens with zero attached hydrogens (tertiary/aromatic N) is 7. The molecule has 8 nitrogen and oxygen atoms in total. The van der Waals surface area contributed by atoms with Crippen molar-refractivity contribution in [1.82, 2.24) is 35.5 Å². The Morgan fingerprint density at radius 1 is 1.03 bits per heavy atom. The molecule has 0 bridgehead atoms. The van der Waals surface area contributed by atoms with E-state index in [-0.39, 0.29) is 0 Å². The minimum atomic E-state index is 0.618. The van der Waals surface area contributed by atoms with Crippen LogP contribution in [0.3, 0.4) is 0 Å². The molecule has 1 fully saturated rings. The van der Waals surface area contributed by atoms with Crippen LogP contribution in [-0.4, -0.2) is 61.7 Å². The van der Waals surface area contributed by atoms with Crippen molar-refractivity contribution >= 4 is 5.69 Å². The highest BCUT2D eigenvalue weighted by Crippen LogP contribution is 2.31. The minimum absolute atomic E-state index is 0.618. The van der Waals surface area contributed by atoms with E-state index in [1.54, 1.807) is 0 Å². The van der Waals surface area contributed by atoms with E-state index in [4.69, 9.17) is 0 Å². The molecule has 1 aliphatic heterocycles. The molecule has 4 rings (SSSR count). The van der Waals surface area contributed by atoms with Crippen LogP contribution in [0.2, 0.25) is 0 Å². The van der Waals surface area contributed by atoms with Gasteiger partial charge in [0, 0.05) is 61.9 Å². The van der Waals surface area contributed by atoms with Crippen LogP contribution in [0.15, 0.2) is 30.6 Å². The van der Waals surface area contributed by atoms with Crippen LogP contribution in [-0.2, 0) is 13.0 Å². The van der Waals surface area contributed by atoms with Crippen molar-refractivity contribution in [2.24, 2.45) is 5.92 Å². The standard InChI is InChI=1S/C21H28N8/c1-15(2)10-17-4-5-19(21-24-26-27-25-21)20(11-17)29-8-6-28(7-9-29)14-18-12-22-16(3)23-13-18/h4-5,11-13,15H,6-10,14H2,1-3H3,(H,24,25,26,27). The van der Waals surface area contributed by atoms with Crippen molar-refractivity contribution in [2.45, 2.75) is 33.7 Å². The van der Waals surface area contributed by atoms with E-state index in [0.29, 0.717) is 11.7 Å². The quantitative estimate of drug-likeness (QED) is 0.689. The molecule has 0 amide bonds. The summed E-state index contributed by atoms with van der Waals surface area (Å²) in [6.07, 6.45) is 4.92. The largest absolute Gasteiger partial charge is 0.368 e. The van der Waals surface area contributed by atoms with Crippen LogP contribution in [0.25, 0.3) is 11.4 Å². The second-order valence-electron chi connectivity index (χ2n) is 8.09. The van der Waals surface area contributed by atoms with Gasteiger partial charge in [0.2, 0.25) is 5.82 Å². The highest BCUT2D eigenvalue weighted by Gasteiger charge is 2.22. The molecule has 2 aromatic heterocycles. The summed E-state index contributed by atoms with van der Waals surface area (Å²) >= 11 is 0. The summed E-state index contributed by atoms with van der Waals surface area (Å²) in [7, 11) is 0. The monoisotopic (exact) mass is 392 g/mol. The molecule has 152 valence electrons. The number of anilines is 1. The predicted molar refractivity (Wildman–Crippen MR) is 112 cm³/mol. The molecule has 3 heterocycles. The van der Waals surface area contributed by atoms with Crippen LogP contribution in [0.1, 0.15) is 30.8 Å². The number of aromatic nitrogens is 6. The lowest BCUT2D eigenvalue weighted by atomic mass is 9.99. The van der Waals surface area contributed by atoms with Crippen molar-refractivity contribution in [3.8, 4) is 11.4 Å². The van der Waals surface area contributed by atoms with E-state index in [0.717, 1.165) is 56.1 Å². The van der Waals surface area contributed by atoms with Gasteiger partial charge in [-0.05, 0) is 42.2 Å². The van der Waals surface area contributed by atoms with Gasteiger partial charge in [0.15, 0.2) is 0 Å². The molecular weight excluding hydrogens is 364 g/mol. The molecule has 0 aliphatic carbocycles. The SMILES string of the molecule is Cc1ncc(CN2CCN(c3cc(CC(C)C)ccc3-c3nn[nH]n3)CC2)cn1. The lowest BCUT2D eigenvalue weighted by Gasteiger charge is -2.37. The Morgan fingerprint density at radius 2 is 1.79 bits per heavy atom. The van der Waals surface area contributed by atoms with Crippen LogP contribution < -0.4 is 4.90 Å². The maximum Gasteiger partial charge on any atom is 0.206 e. The van der Waals surface area contributed by atoms with Crippen molar-refractivity contribution in [1.29, 1.82) is 0 Å². The molecule has 1 saturated heterocycles. The smallest absolute Gasteiger partial charge is 0.206 e. The zero-order chi connectivity index (χ0) is 20.2. The summed E-state index contributed by atoms with van der Waals surface area (Å²) < 4.78 is 0. The third-order valence-corrected chi connectivity index (χ3v) is 5.25. The van der Waals surface area contributed by atoms with Gasteiger partial charge in [0.25, 0.3) is 0 Å². The Labute approximate surface area is 171 Å². The molecule has 1 aliphatic rings. The number of aryl methyl sites for hydroxylation is 1. The summed E-state index contributed by atoms with van der Waals surface area (Å²) in [5, 5.41) is 14.7. The molecule has 1 aromatic carbocycles. The number of hydrogen-bond acceptors (Lipinski definition) is 7. The maximum absolute atomic E-state index is 4.31. The van der Waals surface area contributed by atoms with Gasteiger partial charge in [-0.1, -0.05) is 19.9 Å². The first-order chi connectivity index (χ1) is 14.1. The summed E-state index contributed by atoms with van der Waals surface area (Å²) in [5.41, 5.74) is 4.74. The zero-order valence-corrected chi connectivity index (χ0v) is 17.3. The Bertz CT molecular complexity index is 912. The number of benzene rings is 1. The molecule has 0 saturated carbocycles. The second kappa shape index (κ2) is 8.65. The average molecular weight is 393 g/mol. The van der Waals surface area contributed by atoms with Gasteiger partial charge in [-0.3, -0.25) is 4.90 Å². The van der Waals surface area contributed by atoms with Gasteiger partial charge < -0.3 is 4.90 Å². The molecule has 8 heteroatoms. The Balaban J connectivity index is 1.49. The molecule has 0 unspecified atom stereocenters. The van der Waals surface area contributed by atoms with Gasteiger partial charge in [-0.15, -0.1) is 10.2 Å². The van der Waals surface area contributed by atoms with E-state index in [1.807, 2.05) is 19.3 Å². The summed E-state index contributed by atoms with van der Waals surface area (Å²) in [6.45, 7) is 11.2. The summed E-state index contributed by atoms with van der Waals surface area (Å²) in [4.78, 5) is 13.5. The first-order valence-corrected chi connectivity index (χ1v) is 10.2. The van der Waals surface area contributed by atoms with Crippen LogP contribution in [0, 0.1) is 12.8 Å². The Kier molecular flexibility index (Phi) is 5.80. The molecule has 0 atom stereocenters. The maximum atomic E-state index is 4.31. The van der Waals surface area contributed by atoms with E-state index in [9.17, 15) is 0 Å². The number of hydrogen-bond donors (Lipinski definition) is 1. The first kappa shape index (κ1) is 19.4. The summed E-state index contributed by atoms with van der Waals surface area (Å²) in [6, 6.07) is 6.62. The van der Waals surface area contributed by atoms with Crippen molar-refractivity contribution in [2.75, 3.05) is 31.1 Å². The van der Waals surface area contributed by atoms with E-state index >= 15 is 0 Å². The Hall–Kier alpha value is -2.87. The molecule has 1 N–H and O–H groups in total. The van der Waals surface area contributed by atoms with Gasteiger partial charge in [0.05, 0.1) is 0 Å². The number of H-pyrrole nitrogens is 1. The van der Waals surface area contributed by atoms with Gasteiger partial charge in [-0.25, -0.2) is 9.97 Å². The van der Waals surface area contributed by atoms with E-state index < -0.39 is 0 Å². The topological polar surface area (TPSA) is 86.7 Å². The van der Waals surface area contributed by atoms with Crippen LogP contribution >= 0.6 is 0 Å². The number of tetrazole rings is 1. The first-order valence-electron chi connectivity index (χ1n) is 10.2. The van der Waals surface area contributed by atoms with Crippen LogP contribution in [0.4, 0.5) is 5.69 Å². The number of aromatic amines is 1. The number of piperazine rings is 1. The fourth-order valence-corrected chi connectivity index (χ4v) is 3.81. The predicted octanol–water partition coefficient (Wildman–Crippen LogP) is 2.49. The average Bonchev–Trinajstić information content (AvgIpc) is 3.24. The minimum Gasteiger partial charge on any atom is -0.368 e. The third-order valence-electron chi connectivity index (χ3n) is 5.25. The Morgan fingerprint density at radius 3 is 2.45 bits per heavy atom. The van der Waals surface area contributed by atoms with Gasteiger partial charge in [0.1, 0.15) is 5.82 Å². The van der Waals surface area contributed by atoms with E-state index in [1.165, 1.54) is 11.3 Å². The van der Waals surface area contributed by atoms with Crippen molar-refractivity contribution in [3.05, 3.63) is 47.5 Å². The molecule has 0 radical (unpaired) electrons. The third kappa shape index (κ3) is 4.76. The van der Waals surface area contributed by atoms with Crippen molar-refractivity contribution < 1.29 is 0 Å².